The van der Waals surface area contributed by atoms with Crippen LogP contribution in [0.5, 0.6) is 11.5 Å². The maximum Gasteiger partial charge on any atom is 0.127 e. The zero-order chi connectivity index (χ0) is 14.4. The molecule has 108 valence electrons. The molecule has 20 heavy (non-hydrogen) atoms. The molecule has 0 radical (unpaired) electrons. The van der Waals surface area contributed by atoms with E-state index in [1.165, 1.54) is 4.88 Å². The number of ether oxygens (including phenoxy) is 2. The lowest BCUT2D eigenvalue weighted by Gasteiger charge is -2.22. The van der Waals surface area contributed by atoms with Gasteiger partial charge in [0.2, 0.25) is 0 Å². The number of hydrogen-bond donors (Lipinski definition) is 1. The quantitative estimate of drug-likeness (QED) is 0.844. The van der Waals surface area contributed by atoms with E-state index in [1.54, 1.807) is 25.6 Å². The van der Waals surface area contributed by atoms with Crippen molar-refractivity contribution < 1.29 is 9.47 Å². The third-order valence-corrected chi connectivity index (χ3v) is 4.15. The Bertz CT molecular complexity index is 503. The molecule has 0 spiro atoms. The van der Waals surface area contributed by atoms with E-state index in [9.17, 15) is 0 Å². The van der Waals surface area contributed by atoms with Crippen LogP contribution in [0.1, 0.15) is 23.4 Å². The smallest absolute Gasteiger partial charge is 0.127 e. The fraction of sp³-hybridized carbons (Fsp3) is 0.375. The average molecular weight is 291 g/mol. The van der Waals surface area contributed by atoms with Gasteiger partial charge in [-0.05, 0) is 30.1 Å². The molecular weight excluding hydrogens is 270 g/mol. The summed E-state index contributed by atoms with van der Waals surface area (Å²) in [7, 11) is 3.40. The lowest BCUT2D eigenvalue weighted by Crippen LogP contribution is -2.23. The predicted octanol–water partition coefficient (Wildman–Crippen LogP) is 3.66. The molecule has 0 aliphatic rings. The van der Waals surface area contributed by atoms with Gasteiger partial charge in [0, 0.05) is 17.3 Å². The van der Waals surface area contributed by atoms with E-state index in [0.29, 0.717) is 0 Å². The van der Waals surface area contributed by atoms with Crippen LogP contribution in [0.25, 0.3) is 0 Å². The van der Waals surface area contributed by atoms with Crippen molar-refractivity contribution in [2.75, 3.05) is 20.8 Å². The van der Waals surface area contributed by atoms with Crippen LogP contribution < -0.4 is 14.8 Å². The van der Waals surface area contributed by atoms with Gasteiger partial charge in [-0.2, -0.15) is 0 Å². The first-order valence-electron chi connectivity index (χ1n) is 6.76. The van der Waals surface area contributed by atoms with Gasteiger partial charge in [-0.3, -0.25) is 0 Å². The minimum Gasteiger partial charge on any atom is -0.496 e. The molecular formula is C16H21NO2S. The van der Waals surface area contributed by atoms with Crippen LogP contribution in [0.3, 0.4) is 0 Å². The molecule has 0 saturated heterocycles. The van der Waals surface area contributed by atoms with Crippen molar-refractivity contribution >= 4 is 11.3 Å². The third-order valence-electron chi connectivity index (χ3n) is 3.25. The second-order valence-electron chi connectivity index (χ2n) is 4.47. The van der Waals surface area contributed by atoms with Crippen LogP contribution in [0.15, 0.2) is 35.7 Å². The molecule has 1 aromatic heterocycles. The highest BCUT2D eigenvalue weighted by atomic mass is 32.1. The third kappa shape index (κ3) is 3.32. The van der Waals surface area contributed by atoms with Crippen molar-refractivity contribution in [3.8, 4) is 11.5 Å². The monoisotopic (exact) mass is 291 g/mol. The molecule has 0 fully saturated rings. The number of hydrogen-bond acceptors (Lipinski definition) is 4. The maximum atomic E-state index is 5.52. The van der Waals surface area contributed by atoms with Crippen LogP contribution in [0, 0.1) is 0 Å². The van der Waals surface area contributed by atoms with Gasteiger partial charge in [-0.25, -0.2) is 0 Å². The molecule has 1 aromatic carbocycles. The molecule has 0 amide bonds. The Balaban J connectivity index is 2.37. The Hall–Kier alpha value is -1.52. The minimum absolute atomic E-state index is 0.185. The van der Waals surface area contributed by atoms with Gasteiger partial charge in [0.1, 0.15) is 11.5 Å². The molecule has 0 saturated carbocycles. The Kier molecular flexibility index (Phi) is 5.44. The maximum absolute atomic E-state index is 5.52. The summed E-state index contributed by atoms with van der Waals surface area (Å²) in [5.41, 5.74) is 1.09. The van der Waals surface area contributed by atoms with Crippen LogP contribution in [0.4, 0.5) is 0 Å². The molecule has 0 aliphatic carbocycles. The normalized spacial score (nSPS) is 12.2. The zero-order valence-corrected chi connectivity index (χ0v) is 13.0. The molecule has 1 unspecified atom stereocenters. The topological polar surface area (TPSA) is 30.5 Å². The number of likely N-dealkylation sites (N-methyl/N-ethyl adjacent to an activating group) is 1. The van der Waals surface area contributed by atoms with Gasteiger partial charge < -0.3 is 14.8 Å². The van der Waals surface area contributed by atoms with E-state index < -0.39 is 0 Å². The summed E-state index contributed by atoms with van der Waals surface area (Å²) in [6, 6.07) is 10.4. The van der Waals surface area contributed by atoms with E-state index in [2.05, 4.69) is 29.8 Å². The molecule has 0 aliphatic heterocycles. The van der Waals surface area contributed by atoms with E-state index in [-0.39, 0.29) is 6.04 Å². The first-order chi connectivity index (χ1) is 9.80. The van der Waals surface area contributed by atoms with Gasteiger partial charge in [0.25, 0.3) is 0 Å². The lowest BCUT2D eigenvalue weighted by molar-refractivity contribution is 0.371. The number of nitrogens with one attached hydrogen (secondary N) is 1. The second kappa shape index (κ2) is 7.31. The molecule has 1 heterocycles. The van der Waals surface area contributed by atoms with Crippen molar-refractivity contribution in [2.45, 2.75) is 19.4 Å². The van der Waals surface area contributed by atoms with Crippen molar-refractivity contribution in [2.24, 2.45) is 0 Å². The Morgan fingerprint density at radius 1 is 1.10 bits per heavy atom. The Labute approximate surface area is 124 Å². The van der Waals surface area contributed by atoms with Crippen LogP contribution in [-0.4, -0.2) is 20.8 Å². The number of methoxy groups -OCH3 is 2. The van der Waals surface area contributed by atoms with Gasteiger partial charge in [0.15, 0.2) is 0 Å². The summed E-state index contributed by atoms with van der Waals surface area (Å²) in [5, 5.41) is 5.64. The van der Waals surface area contributed by atoms with E-state index in [1.807, 2.05) is 18.2 Å². The molecule has 0 bridgehead atoms. The summed E-state index contributed by atoms with van der Waals surface area (Å²) >= 11 is 1.78. The highest BCUT2D eigenvalue weighted by Crippen LogP contribution is 2.36. The van der Waals surface area contributed by atoms with Gasteiger partial charge in [-0.1, -0.05) is 19.1 Å². The van der Waals surface area contributed by atoms with Gasteiger partial charge >= 0.3 is 0 Å². The fourth-order valence-corrected chi connectivity index (χ4v) is 3.13. The number of thiophene rings is 1. The van der Waals surface area contributed by atoms with Gasteiger partial charge in [0.05, 0.1) is 19.8 Å². The summed E-state index contributed by atoms with van der Waals surface area (Å²) in [6.45, 7) is 3.01. The fourth-order valence-electron chi connectivity index (χ4n) is 2.38. The van der Waals surface area contributed by atoms with E-state index >= 15 is 0 Å². The van der Waals surface area contributed by atoms with Crippen molar-refractivity contribution in [1.82, 2.24) is 5.32 Å². The molecule has 3 nitrogen and oxygen atoms in total. The zero-order valence-electron chi connectivity index (χ0n) is 12.2. The average Bonchev–Trinajstić information content (AvgIpc) is 2.99. The molecule has 2 rings (SSSR count). The molecule has 1 atom stereocenters. The molecule has 4 heteroatoms. The Morgan fingerprint density at radius 3 is 2.30 bits per heavy atom. The lowest BCUT2D eigenvalue weighted by atomic mass is 10.0. The first kappa shape index (κ1) is 14.9. The number of rotatable bonds is 7. The standard InChI is InChI=1S/C16H21NO2S/c1-4-17-13(11-12-7-6-10-20-12)16-14(18-2)8-5-9-15(16)19-3/h5-10,13,17H,4,11H2,1-3H3. The SMILES string of the molecule is CCNC(Cc1cccs1)c1c(OC)cccc1OC. The summed E-state index contributed by atoms with van der Waals surface area (Å²) in [6.07, 6.45) is 0.933. The van der Waals surface area contributed by atoms with Crippen LogP contribution in [-0.2, 0) is 6.42 Å². The van der Waals surface area contributed by atoms with Crippen LogP contribution in [0.2, 0.25) is 0 Å². The van der Waals surface area contributed by atoms with Crippen molar-refractivity contribution in [3.63, 3.8) is 0 Å². The second-order valence-corrected chi connectivity index (χ2v) is 5.50. The highest BCUT2D eigenvalue weighted by Gasteiger charge is 2.20. The highest BCUT2D eigenvalue weighted by molar-refractivity contribution is 7.09. The van der Waals surface area contributed by atoms with E-state index in [4.69, 9.17) is 9.47 Å². The predicted molar refractivity (Wildman–Crippen MR) is 84.0 cm³/mol. The van der Waals surface area contributed by atoms with Crippen molar-refractivity contribution in [3.05, 3.63) is 46.2 Å². The van der Waals surface area contributed by atoms with Crippen molar-refractivity contribution in [1.29, 1.82) is 0 Å². The molecule has 1 N–H and O–H groups in total. The summed E-state index contributed by atoms with van der Waals surface area (Å²) < 4.78 is 11.0. The minimum atomic E-state index is 0.185. The summed E-state index contributed by atoms with van der Waals surface area (Å²) in [4.78, 5) is 1.35. The van der Waals surface area contributed by atoms with Gasteiger partial charge in [-0.15, -0.1) is 11.3 Å². The summed E-state index contributed by atoms with van der Waals surface area (Å²) in [5.74, 6) is 1.73. The largest absolute Gasteiger partial charge is 0.496 e. The van der Waals surface area contributed by atoms with E-state index in [0.717, 1.165) is 30.0 Å². The number of benzene rings is 1. The first-order valence-corrected chi connectivity index (χ1v) is 7.64. The molecule has 2 aromatic rings. The Morgan fingerprint density at radius 2 is 1.80 bits per heavy atom. The van der Waals surface area contributed by atoms with Crippen LogP contribution >= 0.6 is 11.3 Å².